The lowest BCUT2D eigenvalue weighted by Crippen LogP contribution is -2.14. The molecule has 0 saturated carbocycles. The van der Waals surface area contributed by atoms with E-state index in [2.05, 4.69) is 42.3 Å². The van der Waals surface area contributed by atoms with E-state index in [0.29, 0.717) is 6.42 Å². The number of amides is 1. The molecule has 26 heavy (non-hydrogen) atoms. The molecule has 1 N–H and O–H groups in total. The molecule has 1 heterocycles. The molecule has 5 heteroatoms. The Morgan fingerprint density at radius 3 is 2.58 bits per heavy atom. The SMILES string of the molecule is Cc1ccc(NC(=O)Cc2nc(CSc3cc(C)ccc3C)cs2)cc1. The van der Waals surface area contributed by atoms with Gasteiger partial charge in [0.05, 0.1) is 12.1 Å². The van der Waals surface area contributed by atoms with Gasteiger partial charge in [-0.15, -0.1) is 23.1 Å². The maximum absolute atomic E-state index is 12.2. The van der Waals surface area contributed by atoms with Crippen LogP contribution in [0.15, 0.2) is 52.7 Å². The van der Waals surface area contributed by atoms with E-state index < -0.39 is 0 Å². The van der Waals surface area contributed by atoms with Crippen molar-refractivity contribution >= 4 is 34.7 Å². The lowest BCUT2D eigenvalue weighted by atomic mass is 10.2. The Morgan fingerprint density at radius 1 is 1.08 bits per heavy atom. The first-order valence-electron chi connectivity index (χ1n) is 8.49. The van der Waals surface area contributed by atoms with Crippen molar-refractivity contribution in [2.24, 2.45) is 0 Å². The summed E-state index contributed by atoms with van der Waals surface area (Å²) in [6, 6.07) is 14.3. The minimum absolute atomic E-state index is 0.0306. The number of nitrogens with zero attached hydrogens (tertiary/aromatic N) is 1. The van der Waals surface area contributed by atoms with Gasteiger partial charge in [-0.2, -0.15) is 0 Å². The number of rotatable bonds is 6. The molecule has 3 rings (SSSR count). The Balaban J connectivity index is 1.55. The number of aromatic nitrogens is 1. The molecular weight excluding hydrogens is 360 g/mol. The summed E-state index contributed by atoms with van der Waals surface area (Å²) in [4.78, 5) is 18.1. The lowest BCUT2D eigenvalue weighted by Gasteiger charge is -2.05. The quantitative estimate of drug-likeness (QED) is 0.569. The van der Waals surface area contributed by atoms with E-state index in [0.717, 1.165) is 22.1 Å². The largest absolute Gasteiger partial charge is 0.326 e. The second-order valence-electron chi connectivity index (χ2n) is 6.38. The molecule has 0 saturated heterocycles. The van der Waals surface area contributed by atoms with Crippen molar-refractivity contribution < 1.29 is 4.79 Å². The highest BCUT2D eigenvalue weighted by Gasteiger charge is 2.09. The third-order valence-corrected chi connectivity index (χ3v) is 6.05. The van der Waals surface area contributed by atoms with Crippen molar-refractivity contribution in [1.29, 1.82) is 0 Å². The Bertz CT molecular complexity index is 901. The smallest absolute Gasteiger partial charge is 0.231 e. The summed E-state index contributed by atoms with van der Waals surface area (Å²) in [6.45, 7) is 6.26. The highest BCUT2D eigenvalue weighted by atomic mass is 32.2. The van der Waals surface area contributed by atoms with E-state index in [1.165, 1.54) is 21.6 Å². The monoisotopic (exact) mass is 382 g/mol. The Hall–Kier alpha value is -2.11. The lowest BCUT2D eigenvalue weighted by molar-refractivity contribution is -0.115. The van der Waals surface area contributed by atoms with Gasteiger partial charge in [-0.3, -0.25) is 4.79 Å². The average molecular weight is 383 g/mol. The molecule has 2 aromatic carbocycles. The van der Waals surface area contributed by atoms with Crippen molar-refractivity contribution in [3.63, 3.8) is 0 Å². The normalized spacial score (nSPS) is 10.7. The zero-order chi connectivity index (χ0) is 18.5. The van der Waals surface area contributed by atoms with Crippen LogP contribution in [0, 0.1) is 20.8 Å². The fourth-order valence-corrected chi connectivity index (χ4v) is 4.40. The molecule has 0 radical (unpaired) electrons. The topological polar surface area (TPSA) is 42.0 Å². The van der Waals surface area contributed by atoms with Crippen LogP contribution in [0.1, 0.15) is 27.4 Å². The maximum Gasteiger partial charge on any atom is 0.231 e. The van der Waals surface area contributed by atoms with E-state index in [-0.39, 0.29) is 5.91 Å². The third-order valence-electron chi connectivity index (χ3n) is 3.97. The van der Waals surface area contributed by atoms with Crippen LogP contribution in [0.3, 0.4) is 0 Å². The molecule has 0 aliphatic carbocycles. The molecule has 0 spiro atoms. The number of nitrogens with one attached hydrogen (secondary N) is 1. The summed E-state index contributed by atoms with van der Waals surface area (Å²) in [5, 5.41) is 5.82. The second-order valence-corrected chi connectivity index (χ2v) is 8.34. The van der Waals surface area contributed by atoms with E-state index in [1.807, 2.05) is 36.6 Å². The van der Waals surface area contributed by atoms with E-state index in [9.17, 15) is 4.79 Å². The number of thioether (sulfide) groups is 1. The van der Waals surface area contributed by atoms with Crippen LogP contribution in [-0.2, 0) is 17.0 Å². The van der Waals surface area contributed by atoms with Gasteiger partial charge in [-0.05, 0) is 44.5 Å². The average Bonchev–Trinajstić information content (AvgIpc) is 3.05. The van der Waals surface area contributed by atoms with Crippen LogP contribution in [0.25, 0.3) is 0 Å². The van der Waals surface area contributed by atoms with Crippen LogP contribution < -0.4 is 5.32 Å². The van der Waals surface area contributed by atoms with E-state index in [1.54, 1.807) is 23.1 Å². The Morgan fingerprint density at radius 2 is 1.81 bits per heavy atom. The molecule has 0 aliphatic rings. The number of carbonyl (C=O) groups excluding carboxylic acids is 1. The molecule has 1 aromatic heterocycles. The van der Waals surface area contributed by atoms with Crippen molar-refractivity contribution in [3.8, 4) is 0 Å². The predicted octanol–water partition coefficient (Wildman–Crippen LogP) is 5.54. The number of aryl methyl sites for hydroxylation is 3. The molecule has 0 aliphatic heterocycles. The Labute approximate surface area is 162 Å². The van der Waals surface area contributed by atoms with E-state index in [4.69, 9.17) is 0 Å². The molecule has 1 amide bonds. The van der Waals surface area contributed by atoms with Gasteiger partial charge in [-0.25, -0.2) is 4.98 Å². The first-order chi connectivity index (χ1) is 12.5. The van der Waals surface area contributed by atoms with Crippen molar-refractivity contribution in [1.82, 2.24) is 4.98 Å². The standard InChI is InChI=1S/C21H22N2OS2/c1-14-5-8-17(9-6-14)22-20(24)11-21-23-18(13-26-21)12-25-19-10-15(2)4-7-16(19)3/h4-10,13H,11-12H2,1-3H3,(H,22,24). The van der Waals surface area contributed by atoms with Crippen LogP contribution in [0.4, 0.5) is 5.69 Å². The zero-order valence-electron chi connectivity index (χ0n) is 15.2. The summed E-state index contributed by atoms with van der Waals surface area (Å²) < 4.78 is 0. The highest BCUT2D eigenvalue weighted by molar-refractivity contribution is 7.98. The summed E-state index contributed by atoms with van der Waals surface area (Å²) in [5.74, 6) is 0.789. The third kappa shape index (κ3) is 5.19. The summed E-state index contributed by atoms with van der Waals surface area (Å²) in [7, 11) is 0. The fraction of sp³-hybridized carbons (Fsp3) is 0.238. The number of anilines is 1. The molecule has 3 nitrogen and oxygen atoms in total. The first kappa shape index (κ1) is 18.7. The van der Waals surface area contributed by atoms with Gasteiger partial charge in [0.25, 0.3) is 0 Å². The van der Waals surface area contributed by atoms with Crippen LogP contribution in [0.5, 0.6) is 0 Å². The van der Waals surface area contributed by atoms with Gasteiger partial charge in [0.2, 0.25) is 5.91 Å². The van der Waals surface area contributed by atoms with Gasteiger partial charge in [0, 0.05) is 21.7 Å². The highest BCUT2D eigenvalue weighted by Crippen LogP contribution is 2.27. The van der Waals surface area contributed by atoms with Gasteiger partial charge in [0.15, 0.2) is 0 Å². The molecule has 0 fully saturated rings. The Kier molecular flexibility index (Phi) is 6.12. The van der Waals surface area contributed by atoms with Gasteiger partial charge in [-0.1, -0.05) is 35.4 Å². The summed E-state index contributed by atoms with van der Waals surface area (Å²) in [6.07, 6.45) is 0.312. The second kappa shape index (κ2) is 8.52. The molecule has 134 valence electrons. The van der Waals surface area contributed by atoms with Crippen LogP contribution in [0.2, 0.25) is 0 Å². The summed E-state index contributed by atoms with van der Waals surface area (Å²) >= 11 is 3.34. The van der Waals surface area contributed by atoms with E-state index >= 15 is 0 Å². The number of thiazole rings is 1. The van der Waals surface area contributed by atoms with Crippen LogP contribution >= 0.6 is 23.1 Å². The molecule has 0 bridgehead atoms. The van der Waals surface area contributed by atoms with Crippen LogP contribution in [-0.4, -0.2) is 10.9 Å². The minimum atomic E-state index is -0.0306. The van der Waals surface area contributed by atoms with Crippen molar-refractivity contribution in [3.05, 3.63) is 75.2 Å². The molecule has 3 aromatic rings. The summed E-state index contributed by atoms with van der Waals surface area (Å²) in [5.41, 5.74) is 5.58. The molecule has 0 atom stereocenters. The van der Waals surface area contributed by atoms with Gasteiger partial charge >= 0.3 is 0 Å². The first-order valence-corrected chi connectivity index (χ1v) is 10.4. The molecule has 0 unspecified atom stereocenters. The number of benzene rings is 2. The number of hydrogen-bond acceptors (Lipinski definition) is 4. The van der Waals surface area contributed by atoms with Crippen molar-refractivity contribution in [2.45, 2.75) is 37.8 Å². The molecular formula is C21H22N2OS2. The minimum Gasteiger partial charge on any atom is -0.326 e. The maximum atomic E-state index is 12.2. The van der Waals surface area contributed by atoms with Crippen molar-refractivity contribution in [2.75, 3.05) is 5.32 Å². The predicted molar refractivity (Wildman–Crippen MR) is 111 cm³/mol. The number of hydrogen-bond donors (Lipinski definition) is 1. The van der Waals surface area contributed by atoms with Gasteiger partial charge in [0.1, 0.15) is 5.01 Å². The zero-order valence-corrected chi connectivity index (χ0v) is 16.8. The van der Waals surface area contributed by atoms with Gasteiger partial charge < -0.3 is 5.32 Å². The fourth-order valence-electron chi connectivity index (χ4n) is 2.49. The number of carbonyl (C=O) groups is 1.